The first kappa shape index (κ1) is 13.1. The van der Waals surface area contributed by atoms with Crippen LogP contribution in [-0.2, 0) is 11.4 Å². The molecule has 0 saturated heterocycles. The fourth-order valence-electron chi connectivity index (χ4n) is 1.37. The van der Waals surface area contributed by atoms with Crippen molar-refractivity contribution in [2.24, 2.45) is 10.9 Å². The fourth-order valence-corrected chi connectivity index (χ4v) is 2.69. The highest BCUT2D eigenvalue weighted by Gasteiger charge is 2.09. The van der Waals surface area contributed by atoms with E-state index in [0.717, 1.165) is 26.4 Å². The minimum atomic E-state index is 0.300. The molecule has 2 aromatic heterocycles. The first-order valence-electron chi connectivity index (χ1n) is 5.19. The number of rotatable bonds is 4. The lowest BCUT2D eigenvalue weighted by Crippen LogP contribution is -2.12. The van der Waals surface area contributed by atoms with E-state index in [2.05, 4.69) is 26.2 Å². The Morgan fingerprint density at radius 1 is 1.61 bits per heavy atom. The molecular weight excluding hydrogens is 318 g/mol. The summed E-state index contributed by atoms with van der Waals surface area (Å²) in [6.45, 7) is 4.00. The zero-order valence-corrected chi connectivity index (χ0v) is 12.3. The monoisotopic (exact) mass is 329 g/mol. The summed E-state index contributed by atoms with van der Waals surface area (Å²) in [5.41, 5.74) is 7.51. The van der Waals surface area contributed by atoms with Gasteiger partial charge in [0.15, 0.2) is 5.84 Å². The van der Waals surface area contributed by atoms with Gasteiger partial charge in [0.1, 0.15) is 12.4 Å². The van der Waals surface area contributed by atoms with Crippen LogP contribution in [0.1, 0.15) is 21.9 Å². The van der Waals surface area contributed by atoms with Crippen molar-refractivity contribution in [1.82, 2.24) is 5.16 Å². The van der Waals surface area contributed by atoms with Crippen molar-refractivity contribution in [3.05, 3.63) is 37.8 Å². The number of amidine groups is 1. The molecule has 0 bridgehead atoms. The number of thiophene rings is 1. The largest absolute Gasteiger partial charge is 0.389 e. The van der Waals surface area contributed by atoms with Gasteiger partial charge in [0.05, 0.1) is 16.1 Å². The maximum absolute atomic E-state index is 5.80. The van der Waals surface area contributed by atoms with E-state index in [1.807, 2.05) is 25.3 Å². The van der Waals surface area contributed by atoms with Crippen LogP contribution in [0.25, 0.3) is 0 Å². The van der Waals surface area contributed by atoms with Gasteiger partial charge in [0.25, 0.3) is 0 Å². The average molecular weight is 330 g/mol. The van der Waals surface area contributed by atoms with Crippen molar-refractivity contribution >= 4 is 33.1 Å². The van der Waals surface area contributed by atoms with Gasteiger partial charge in [-0.1, -0.05) is 10.3 Å². The molecule has 0 spiro atoms. The quantitative estimate of drug-likeness (QED) is 0.531. The predicted molar refractivity (Wildman–Crippen MR) is 73.5 cm³/mol. The van der Waals surface area contributed by atoms with Crippen LogP contribution < -0.4 is 5.73 Å². The molecule has 0 atom stereocenters. The zero-order valence-electron chi connectivity index (χ0n) is 9.94. The van der Waals surface area contributed by atoms with Crippen molar-refractivity contribution in [1.29, 1.82) is 0 Å². The second-order valence-electron chi connectivity index (χ2n) is 3.68. The Bertz CT molecular complexity index is 557. The lowest BCUT2D eigenvalue weighted by molar-refractivity contribution is 0.129. The molecule has 2 heterocycles. The normalized spacial score (nSPS) is 11.8. The molecule has 96 valence electrons. The molecule has 0 aliphatic heterocycles. The summed E-state index contributed by atoms with van der Waals surface area (Å²) in [4.78, 5) is 6.08. The molecule has 0 radical (unpaired) electrons. The minimum absolute atomic E-state index is 0.300. The summed E-state index contributed by atoms with van der Waals surface area (Å²) < 4.78 is 6.01. The molecule has 0 saturated carbocycles. The van der Waals surface area contributed by atoms with Crippen molar-refractivity contribution in [3.8, 4) is 0 Å². The van der Waals surface area contributed by atoms with Gasteiger partial charge in [-0.25, -0.2) is 0 Å². The van der Waals surface area contributed by atoms with Crippen LogP contribution in [0, 0.1) is 13.8 Å². The van der Waals surface area contributed by atoms with Gasteiger partial charge < -0.3 is 15.1 Å². The summed E-state index contributed by atoms with van der Waals surface area (Å²) in [5, 5.41) is 9.65. The third-order valence-electron chi connectivity index (χ3n) is 2.37. The van der Waals surface area contributed by atoms with Gasteiger partial charge in [-0.2, -0.15) is 0 Å². The summed E-state index contributed by atoms with van der Waals surface area (Å²) in [5.74, 6) is 1.09. The molecule has 7 heteroatoms. The Hall–Kier alpha value is -1.34. The van der Waals surface area contributed by atoms with Crippen LogP contribution in [0.3, 0.4) is 0 Å². The van der Waals surface area contributed by atoms with Crippen molar-refractivity contribution < 1.29 is 9.36 Å². The molecule has 0 aromatic carbocycles. The molecule has 2 rings (SSSR count). The first-order chi connectivity index (χ1) is 8.58. The van der Waals surface area contributed by atoms with Gasteiger partial charge in [-0.05, 0) is 35.8 Å². The molecule has 0 aliphatic rings. The Balaban J connectivity index is 1.99. The molecule has 0 aliphatic carbocycles. The fraction of sp³-hybridized carbons (Fsp3) is 0.273. The van der Waals surface area contributed by atoms with Crippen LogP contribution >= 0.6 is 27.3 Å². The second kappa shape index (κ2) is 5.53. The van der Waals surface area contributed by atoms with Crippen LogP contribution in [0.15, 0.2) is 25.6 Å². The van der Waals surface area contributed by atoms with Crippen LogP contribution in [-0.4, -0.2) is 11.0 Å². The molecule has 2 N–H and O–H groups in total. The summed E-state index contributed by atoms with van der Waals surface area (Å²) >= 11 is 4.86. The lowest BCUT2D eigenvalue weighted by atomic mass is 10.2. The van der Waals surface area contributed by atoms with E-state index < -0.39 is 0 Å². The van der Waals surface area contributed by atoms with E-state index in [4.69, 9.17) is 15.1 Å². The van der Waals surface area contributed by atoms with E-state index in [-0.39, 0.29) is 0 Å². The number of nitrogens with two attached hydrogens (primary N) is 1. The number of aromatic nitrogens is 1. The summed E-state index contributed by atoms with van der Waals surface area (Å²) in [6.07, 6.45) is 0. The van der Waals surface area contributed by atoms with Crippen LogP contribution in [0.2, 0.25) is 0 Å². The van der Waals surface area contributed by atoms with Crippen molar-refractivity contribution in [2.75, 3.05) is 0 Å². The van der Waals surface area contributed by atoms with Crippen LogP contribution in [0.5, 0.6) is 0 Å². The van der Waals surface area contributed by atoms with E-state index in [1.165, 1.54) is 11.3 Å². The van der Waals surface area contributed by atoms with Crippen molar-refractivity contribution in [2.45, 2.75) is 20.5 Å². The molecule has 0 fully saturated rings. The Morgan fingerprint density at radius 3 is 2.94 bits per heavy atom. The number of hydrogen-bond donors (Lipinski definition) is 1. The predicted octanol–water partition coefficient (Wildman–Crippen LogP) is 2.95. The second-order valence-corrected chi connectivity index (χ2v) is 5.51. The number of nitrogens with zero attached hydrogens (tertiary/aromatic N) is 2. The molecule has 2 aromatic rings. The smallest absolute Gasteiger partial charge is 0.180 e. The third kappa shape index (κ3) is 2.91. The van der Waals surface area contributed by atoms with Gasteiger partial charge in [-0.15, -0.1) is 11.3 Å². The number of hydrogen-bond acceptors (Lipinski definition) is 5. The SMILES string of the molecule is Cc1noc(C)c1CON=C(N)c1cc(Br)cs1. The number of halogens is 1. The first-order valence-corrected chi connectivity index (χ1v) is 6.86. The Morgan fingerprint density at radius 2 is 2.39 bits per heavy atom. The highest BCUT2D eigenvalue weighted by atomic mass is 79.9. The molecule has 18 heavy (non-hydrogen) atoms. The van der Waals surface area contributed by atoms with Gasteiger partial charge in [-0.3, -0.25) is 0 Å². The summed E-state index contributed by atoms with van der Waals surface area (Å²) in [6, 6.07) is 1.89. The van der Waals surface area contributed by atoms with Gasteiger partial charge >= 0.3 is 0 Å². The maximum Gasteiger partial charge on any atom is 0.180 e. The molecule has 0 unspecified atom stereocenters. The van der Waals surface area contributed by atoms with E-state index in [0.29, 0.717) is 12.4 Å². The number of aryl methyl sites for hydroxylation is 2. The highest BCUT2D eigenvalue weighted by molar-refractivity contribution is 9.10. The minimum Gasteiger partial charge on any atom is -0.389 e. The third-order valence-corrected chi connectivity index (χ3v) is 4.09. The van der Waals surface area contributed by atoms with Crippen molar-refractivity contribution in [3.63, 3.8) is 0 Å². The molecule has 0 amide bonds. The average Bonchev–Trinajstić information content (AvgIpc) is 2.89. The van der Waals surface area contributed by atoms with E-state index >= 15 is 0 Å². The highest BCUT2D eigenvalue weighted by Crippen LogP contribution is 2.19. The topological polar surface area (TPSA) is 73.6 Å². The summed E-state index contributed by atoms with van der Waals surface area (Å²) in [7, 11) is 0. The zero-order chi connectivity index (χ0) is 13.1. The van der Waals surface area contributed by atoms with Crippen LogP contribution in [0.4, 0.5) is 0 Å². The van der Waals surface area contributed by atoms with E-state index in [1.54, 1.807) is 0 Å². The standard InChI is InChI=1S/C11H12BrN3O2S/c1-6-9(7(2)17-14-6)4-16-15-11(13)10-3-8(12)5-18-10/h3,5H,4H2,1-2H3,(H2,13,15). The van der Waals surface area contributed by atoms with Gasteiger partial charge in [0.2, 0.25) is 0 Å². The Labute approximate surface area is 117 Å². The van der Waals surface area contributed by atoms with E-state index in [9.17, 15) is 0 Å². The number of oxime groups is 1. The van der Waals surface area contributed by atoms with Gasteiger partial charge in [0, 0.05) is 9.85 Å². The maximum atomic E-state index is 5.80. The molecule has 5 nitrogen and oxygen atoms in total. The Kier molecular flexibility index (Phi) is 4.03. The lowest BCUT2D eigenvalue weighted by Gasteiger charge is -2.00. The molecular formula is C11H12BrN3O2S.